The SMILES string of the molecule is COc1ccc(-c2cccc(C(=O)N(C)C)c2)cc1S(=O)(=O)Nc1cccc(N=Nc2ccc(N(C)C)cc2CO)c1. The molecule has 0 aliphatic rings. The monoisotopic (exact) mass is 587 g/mol. The summed E-state index contributed by atoms with van der Waals surface area (Å²) >= 11 is 0. The van der Waals surface area contributed by atoms with Gasteiger partial charge in [-0.25, -0.2) is 8.42 Å². The van der Waals surface area contributed by atoms with Gasteiger partial charge < -0.3 is 19.6 Å². The van der Waals surface area contributed by atoms with Crippen LogP contribution in [0, 0.1) is 0 Å². The van der Waals surface area contributed by atoms with Crippen molar-refractivity contribution in [1.29, 1.82) is 0 Å². The lowest BCUT2D eigenvalue weighted by Crippen LogP contribution is -2.21. The first kappa shape index (κ1) is 30.2. The second kappa shape index (κ2) is 12.8. The number of carbonyl (C=O) groups is 1. The van der Waals surface area contributed by atoms with Crippen molar-refractivity contribution in [2.45, 2.75) is 11.5 Å². The summed E-state index contributed by atoms with van der Waals surface area (Å²) in [6.45, 7) is -0.201. The molecule has 4 aromatic rings. The van der Waals surface area contributed by atoms with E-state index >= 15 is 0 Å². The number of aliphatic hydroxyl groups excluding tert-OH is 1. The van der Waals surface area contributed by atoms with Gasteiger partial charge in [-0.1, -0.05) is 24.3 Å². The Morgan fingerprint density at radius 2 is 1.62 bits per heavy atom. The summed E-state index contributed by atoms with van der Waals surface area (Å²) in [5.74, 6) is 0.00962. The Hall–Kier alpha value is -4.74. The summed E-state index contributed by atoms with van der Waals surface area (Å²) in [5, 5.41) is 18.3. The first-order valence-electron chi connectivity index (χ1n) is 13.0. The molecule has 4 rings (SSSR count). The molecule has 0 saturated carbocycles. The Balaban J connectivity index is 1.62. The molecule has 0 atom stereocenters. The molecule has 42 heavy (non-hydrogen) atoms. The van der Waals surface area contributed by atoms with Crippen molar-refractivity contribution in [3.05, 3.63) is 96.1 Å². The van der Waals surface area contributed by atoms with Gasteiger partial charge in [0.2, 0.25) is 0 Å². The van der Waals surface area contributed by atoms with Crippen LogP contribution in [0.25, 0.3) is 11.1 Å². The van der Waals surface area contributed by atoms with Gasteiger partial charge in [-0.3, -0.25) is 9.52 Å². The van der Waals surface area contributed by atoms with E-state index in [-0.39, 0.29) is 28.8 Å². The number of hydrogen-bond donors (Lipinski definition) is 2. The Morgan fingerprint density at radius 3 is 2.31 bits per heavy atom. The molecule has 0 saturated heterocycles. The van der Waals surface area contributed by atoms with Crippen LogP contribution in [-0.4, -0.2) is 59.6 Å². The molecule has 1 amide bonds. The number of hydrogen-bond acceptors (Lipinski definition) is 8. The van der Waals surface area contributed by atoms with Gasteiger partial charge >= 0.3 is 0 Å². The van der Waals surface area contributed by atoms with Crippen molar-refractivity contribution < 1.29 is 23.1 Å². The van der Waals surface area contributed by atoms with Crippen LogP contribution in [0.3, 0.4) is 0 Å². The lowest BCUT2D eigenvalue weighted by atomic mass is 10.0. The predicted molar refractivity (Wildman–Crippen MR) is 165 cm³/mol. The molecule has 0 spiro atoms. The van der Waals surface area contributed by atoms with Crippen molar-refractivity contribution in [3.63, 3.8) is 0 Å². The molecule has 11 heteroatoms. The molecule has 0 bridgehead atoms. The number of nitrogens with one attached hydrogen (secondary N) is 1. The van der Waals surface area contributed by atoms with Gasteiger partial charge in [0.25, 0.3) is 15.9 Å². The van der Waals surface area contributed by atoms with Gasteiger partial charge in [0, 0.05) is 45.0 Å². The molecule has 10 nitrogen and oxygen atoms in total. The third-order valence-electron chi connectivity index (χ3n) is 6.42. The van der Waals surface area contributed by atoms with Crippen LogP contribution in [-0.2, 0) is 16.6 Å². The minimum Gasteiger partial charge on any atom is -0.495 e. The fraction of sp³-hybridized carbons (Fsp3) is 0.194. The molecule has 0 aliphatic carbocycles. The number of sulfonamides is 1. The van der Waals surface area contributed by atoms with Crippen LogP contribution in [0.15, 0.2) is 100 Å². The Kier molecular flexibility index (Phi) is 9.24. The number of rotatable bonds is 10. The standard InChI is InChI=1S/C31H33N5O5S/c1-35(2)27-13-14-28(24(17-27)20-37)33-32-25-10-7-11-26(19-25)34-42(39,40)30-18-22(12-15-29(30)41-5)21-8-6-9-23(16-21)31(38)36(3)4/h6-19,34,37H,20H2,1-5H3. The van der Waals surface area contributed by atoms with Gasteiger partial charge in [-0.15, -0.1) is 0 Å². The molecule has 4 aromatic carbocycles. The van der Waals surface area contributed by atoms with Gasteiger partial charge in [-0.05, 0) is 71.8 Å². The maximum absolute atomic E-state index is 13.6. The Bertz CT molecular complexity index is 1740. The van der Waals surface area contributed by atoms with Crippen LogP contribution >= 0.6 is 0 Å². The summed E-state index contributed by atoms with van der Waals surface area (Å²) in [7, 11) is 4.46. The Labute approximate surface area is 246 Å². The number of benzene rings is 4. The zero-order valence-corrected chi connectivity index (χ0v) is 24.9. The smallest absolute Gasteiger partial charge is 0.265 e. The topological polar surface area (TPSA) is 124 Å². The van der Waals surface area contributed by atoms with Crippen LogP contribution in [0.1, 0.15) is 15.9 Å². The van der Waals surface area contributed by atoms with E-state index in [0.29, 0.717) is 33.6 Å². The van der Waals surface area contributed by atoms with E-state index in [1.54, 1.807) is 74.8 Å². The van der Waals surface area contributed by atoms with E-state index in [1.807, 2.05) is 37.2 Å². The zero-order chi connectivity index (χ0) is 30.4. The molecule has 0 heterocycles. The molecular weight excluding hydrogens is 554 g/mol. The third kappa shape index (κ3) is 6.93. The number of methoxy groups -OCH3 is 1. The number of ether oxygens (including phenoxy) is 1. The second-order valence-electron chi connectivity index (χ2n) is 9.87. The molecule has 2 N–H and O–H groups in total. The van der Waals surface area contributed by atoms with Crippen molar-refractivity contribution in [2.24, 2.45) is 10.2 Å². The highest BCUT2D eigenvalue weighted by Crippen LogP contribution is 2.33. The van der Waals surface area contributed by atoms with Gasteiger partial charge in [0.05, 0.1) is 30.8 Å². The maximum Gasteiger partial charge on any atom is 0.265 e. The fourth-order valence-corrected chi connectivity index (χ4v) is 5.43. The van der Waals surface area contributed by atoms with Crippen molar-refractivity contribution in [2.75, 3.05) is 44.9 Å². The minimum absolute atomic E-state index is 0.0626. The average Bonchev–Trinajstić information content (AvgIpc) is 2.99. The lowest BCUT2D eigenvalue weighted by molar-refractivity contribution is 0.0827. The van der Waals surface area contributed by atoms with Gasteiger partial charge in [0.1, 0.15) is 10.6 Å². The second-order valence-corrected chi connectivity index (χ2v) is 11.5. The van der Waals surface area contributed by atoms with Gasteiger partial charge in [0.15, 0.2) is 0 Å². The number of carbonyl (C=O) groups excluding carboxylic acids is 1. The van der Waals surface area contributed by atoms with Crippen LogP contribution in [0.5, 0.6) is 5.75 Å². The predicted octanol–water partition coefficient (Wildman–Crippen LogP) is 5.84. The first-order chi connectivity index (χ1) is 20.0. The van der Waals surface area contributed by atoms with E-state index < -0.39 is 10.0 Å². The van der Waals surface area contributed by atoms with Gasteiger partial charge in [-0.2, -0.15) is 10.2 Å². The molecule has 0 aromatic heterocycles. The number of azo groups is 1. The number of nitrogens with zero attached hydrogens (tertiary/aromatic N) is 4. The van der Waals surface area contributed by atoms with Crippen molar-refractivity contribution >= 4 is 38.7 Å². The summed E-state index contributed by atoms with van der Waals surface area (Å²) in [6.07, 6.45) is 0. The molecule has 0 aliphatic heterocycles. The van der Waals surface area contributed by atoms with Crippen molar-refractivity contribution in [1.82, 2.24) is 4.90 Å². The van der Waals surface area contributed by atoms with E-state index in [2.05, 4.69) is 15.0 Å². The molecule has 0 fully saturated rings. The quantitative estimate of drug-likeness (QED) is 0.225. The zero-order valence-electron chi connectivity index (χ0n) is 24.1. The summed E-state index contributed by atoms with van der Waals surface area (Å²) in [4.78, 5) is 15.8. The Morgan fingerprint density at radius 1 is 0.881 bits per heavy atom. The summed E-state index contributed by atoms with van der Waals surface area (Å²) < 4.78 is 35.1. The van der Waals surface area contributed by atoms with E-state index in [1.165, 1.54) is 18.1 Å². The van der Waals surface area contributed by atoms with Crippen molar-refractivity contribution in [3.8, 4) is 16.9 Å². The highest BCUT2D eigenvalue weighted by atomic mass is 32.2. The van der Waals surface area contributed by atoms with Crippen LogP contribution in [0.2, 0.25) is 0 Å². The molecule has 218 valence electrons. The highest BCUT2D eigenvalue weighted by Gasteiger charge is 2.21. The number of aliphatic hydroxyl groups is 1. The average molecular weight is 588 g/mol. The largest absolute Gasteiger partial charge is 0.495 e. The molecular formula is C31H33N5O5S. The first-order valence-corrected chi connectivity index (χ1v) is 14.5. The molecule has 0 unspecified atom stereocenters. The highest BCUT2D eigenvalue weighted by molar-refractivity contribution is 7.92. The summed E-state index contributed by atoms with van der Waals surface area (Å²) in [5.41, 5.74) is 4.52. The van der Waals surface area contributed by atoms with Crippen LogP contribution in [0.4, 0.5) is 22.7 Å². The lowest BCUT2D eigenvalue weighted by Gasteiger charge is -2.15. The van der Waals surface area contributed by atoms with E-state index in [9.17, 15) is 18.3 Å². The fourth-order valence-electron chi connectivity index (χ4n) is 4.18. The molecule has 0 radical (unpaired) electrons. The number of anilines is 2. The summed E-state index contributed by atoms with van der Waals surface area (Å²) in [6, 6.07) is 23.8. The minimum atomic E-state index is -4.09. The third-order valence-corrected chi connectivity index (χ3v) is 7.83. The van der Waals surface area contributed by atoms with E-state index in [0.717, 1.165) is 5.69 Å². The van der Waals surface area contributed by atoms with E-state index in [4.69, 9.17) is 4.74 Å². The normalized spacial score (nSPS) is 11.4. The maximum atomic E-state index is 13.6. The van der Waals surface area contributed by atoms with Crippen LogP contribution < -0.4 is 14.4 Å². The number of amides is 1.